The van der Waals surface area contributed by atoms with Crippen LogP contribution in [0.1, 0.15) is 43.2 Å². The second kappa shape index (κ2) is 11.2. The van der Waals surface area contributed by atoms with Gasteiger partial charge in [0, 0.05) is 18.2 Å². The molecule has 35 heavy (non-hydrogen) atoms. The van der Waals surface area contributed by atoms with Crippen LogP contribution in [0, 0.1) is 0 Å². The summed E-state index contributed by atoms with van der Waals surface area (Å²) in [5.41, 5.74) is 0.109. The molecule has 2 unspecified atom stereocenters. The summed E-state index contributed by atoms with van der Waals surface area (Å²) in [6.45, 7) is 0.0426. The van der Waals surface area contributed by atoms with Gasteiger partial charge in [-0.25, -0.2) is 14.2 Å². The molecule has 0 saturated heterocycles. The Hall–Kier alpha value is -2.98. The van der Waals surface area contributed by atoms with Gasteiger partial charge in [-0.2, -0.15) is 13.2 Å². The third kappa shape index (κ3) is 6.37. The first-order valence-corrected chi connectivity index (χ1v) is 12.6. The maximum Gasteiger partial charge on any atom is 0.418 e. The van der Waals surface area contributed by atoms with Crippen molar-refractivity contribution in [3.63, 3.8) is 0 Å². The number of aryl methyl sites for hydroxylation is 1. The number of nitrogens with zero attached hydrogens (tertiary/aromatic N) is 2. The number of anilines is 1. The van der Waals surface area contributed by atoms with E-state index in [0.29, 0.717) is 37.1 Å². The van der Waals surface area contributed by atoms with E-state index in [9.17, 15) is 22.5 Å². The van der Waals surface area contributed by atoms with Gasteiger partial charge in [-0.15, -0.1) is 0 Å². The van der Waals surface area contributed by atoms with Crippen LogP contribution in [0.2, 0.25) is 0 Å². The van der Waals surface area contributed by atoms with Crippen LogP contribution in [-0.2, 0) is 23.6 Å². The van der Waals surface area contributed by atoms with E-state index >= 15 is 0 Å². The minimum atomic E-state index is -4.60. The number of halogens is 3. The fraction of sp³-hybridized carbons (Fsp3) is 0.360. The molecule has 2 N–H and O–H groups in total. The van der Waals surface area contributed by atoms with Crippen LogP contribution in [0.3, 0.4) is 0 Å². The predicted molar refractivity (Wildman–Crippen MR) is 127 cm³/mol. The van der Waals surface area contributed by atoms with E-state index in [4.69, 9.17) is 4.74 Å². The van der Waals surface area contributed by atoms with Crippen molar-refractivity contribution in [3.8, 4) is 17.1 Å². The van der Waals surface area contributed by atoms with E-state index in [1.54, 1.807) is 36.4 Å². The zero-order valence-corrected chi connectivity index (χ0v) is 19.7. The molecule has 3 aromatic rings. The molecule has 0 radical (unpaired) electrons. The summed E-state index contributed by atoms with van der Waals surface area (Å²) in [7, 11) is -1.88. The molecule has 0 fully saturated rings. The molecule has 0 spiro atoms. The smallest absolute Gasteiger partial charge is 0.418 e. The van der Waals surface area contributed by atoms with Gasteiger partial charge in [0.05, 0.1) is 11.3 Å². The molecular weight excluding hydrogens is 479 g/mol. The third-order valence-corrected chi connectivity index (χ3v) is 6.75. The lowest BCUT2D eigenvalue weighted by molar-refractivity contribution is -0.137. The van der Waals surface area contributed by atoms with E-state index in [1.165, 1.54) is 6.07 Å². The van der Waals surface area contributed by atoms with Crippen molar-refractivity contribution in [1.82, 2.24) is 9.97 Å². The topological polar surface area (TPSA) is 84.3 Å². The number of hydrogen-bond acceptors (Lipinski definition) is 5. The molecule has 2 atom stereocenters. The maximum atomic E-state index is 13.9. The number of aliphatic hydroxyl groups is 1. The largest absolute Gasteiger partial charge is 0.474 e. The van der Waals surface area contributed by atoms with Crippen LogP contribution in [-0.4, -0.2) is 32.0 Å². The van der Waals surface area contributed by atoms with Crippen LogP contribution in [0.4, 0.5) is 19.0 Å². The average molecular weight is 506 g/mol. The highest BCUT2D eigenvalue weighted by Gasteiger charge is 2.35. The fourth-order valence-corrected chi connectivity index (χ4v) is 4.85. The van der Waals surface area contributed by atoms with E-state index in [1.807, 2.05) is 6.07 Å². The van der Waals surface area contributed by atoms with E-state index in [-0.39, 0.29) is 29.2 Å². The van der Waals surface area contributed by atoms with Crippen LogP contribution in [0.15, 0.2) is 59.6 Å². The van der Waals surface area contributed by atoms with E-state index < -0.39 is 22.7 Å². The van der Waals surface area contributed by atoms with Crippen molar-refractivity contribution >= 4 is 16.8 Å². The Labute approximate surface area is 204 Å². The Morgan fingerprint density at radius 3 is 2.69 bits per heavy atom. The Kier molecular flexibility index (Phi) is 8.02. The number of ether oxygens (including phenoxy) is 1. The minimum Gasteiger partial charge on any atom is -0.474 e. The number of benzene rings is 1. The molecular formula is C25H26F3N3O3S. The summed E-state index contributed by atoms with van der Waals surface area (Å²) < 4.78 is 63.3. The number of aromatic nitrogens is 2. The zero-order chi connectivity index (χ0) is 24.8. The maximum absolute atomic E-state index is 13.9. The molecule has 0 aliphatic carbocycles. The molecule has 186 valence electrons. The highest BCUT2D eigenvalue weighted by molar-refractivity contribution is 7.86. The number of aliphatic hydroxyl groups excluding tert-OH is 1. The molecule has 6 nitrogen and oxygen atoms in total. The van der Waals surface area contributed by atoms with Crippen molar-refractivity contribution in [2.24, 2.45) is 0 Å². The van der Waals surface area contributed by atoms with Crippen molar-refractivity contribution in [1.29, 1.82) is 0 Å². The average Bonchev–Trinajstić information content (AvgIpc) is 2.84. The molecule has 4 bridgehead atoms. The molecule has 10 heteroatoms. The van der Waals surface area contributed by atoms with Gasteiger partial charge >= 0.3 is 6.18 Å². The standard InChI is InChI=1S/C25H26F3N3O3S/c26-25(27,28)20-14-15-21-29-24(20)19-11-4-2-8-17(19)7-1-3-9-18(10-6-16-32)34-22-12-5-13-23(30-22)35(33)31-21/h2,4-5,8,11-15,18,32H,1,3,6-7,9-10,16H2,(H,29,31). The summed E-state index contributed by atoms with van der Waals surface area (Å²) >= 11 is 0. The molecule has 3 heterocycles. The highest BCUT2D eigenvalue weighted by atomic mass is 32.2. The van der Waals surface area contributed by atoms with Crippen LogP contribution >= 0.6 is 0 Å². The predicted octanol–water partition coefficient (Wildman–Crippen LogP) is 5.54. The van der Waals surface area contributed by atoms with Gasteiger partial charge in [-0.05, 0) is 62.3 Å². The van der Waals surface area contributed by atoms with E-state index in [0.717, 1.165) is 24.5 Å². The van der Waals surface area contributed by atoms with Crippen LogP contribution in [0.5, 0.6) is 5.88 Å². The van der Waals surface area contributed by atoms with Gasteiger partial charge in [0.2, 0.25) is 5.88 Å². The lowest BCUT2D eigenvalue weighted by Gasteiger charge is -2.20. The summed E-state index contributed by atoms with van der Waals surface area (Å²) in [4.78, 5) is 8.56. The number of fused-ring (bicyclic) bond motifs is 6. The second-order valence-electron chi connectivity index (χ2n) is 8.28. The summed E-state index contributed by atoms with van der Waals surface area (Å²) in [5, 5.41) is 9.42. The van der Waals surface area contributed by atoms with Crippen molar-refractivity contribution < 1.29 is 27.2 Å². The molecule has 1 aromatic carbocycles. The van der Waals surface area contributed by atoms with Crippen molar-refractivity contribution in [2.75, 3.05) is 11.3 Å². The van der Waals surface area contributed by atoms with Gasteiger partial charge < -0.3 is 9.84 Å². The first kappa shape index (κ1) is 25.1. The molecule has 2 aromatic heterocycles. The third-order valence-electron chi connectivity index (χ3n) is 5.75. The number of alkyl halides is 3. The molecule has 0 saturated carbocycles. The molecule has 4 rings (SSSR count). The minimum absolute atomic E-state index is 0.0426. The Bertz CT molecular complexity index is 1190. The lowest BCUT2D eigenvalue weighted by Crippen LogP contribution is -2.19. The Morgan fingerprint density at radius 1 is 1.06 bits per heavy atom. The highest BCUT2D eigenvalue weighted by Crippen LogP contribution is 2.38. The van der Waals surface area contributed by atoms with Crippen molar-refractivity contribution in [2.45, 2.75) is 55.8 Å². The number of nitrogens with one attached hydrogen (secondary N) is 1. The first-order valence-electron chi connectivity index (χ1n) is 11.4. The molecule has 1 aliphatic heterocycles. The fourth-order valence-electron chi connectivity index (χ4n) is 4.07. The van der Waals surface area contributed by atoms with Crippen molar-refractivity contribution in [3.05, 3.63) is 65.7 Å². The number of rotatable bonds is 3. The summed E-state index contributed by atoms with van der Waals surface area (Å²) in [6, 6.07) is 13.9. The summed E-state index contributed by atoms with van der Waals surface area (Å²) in [6.07, 6.45) is -0.813. The number of hydrogen-bond donors (Lipinski definition) is 2. The normalized spacial score (nSPS) is 18.7. The first-order chi connectivity index (χ1) is 16.8. The van der Waals surface area contributed by atoms with Gasteiger partial charge in [-0.1, -0.05) is 30.3 Å². The second-order valence-corrected chi connectivity index (χ2v) is 9.44. The monoisotopic (exact) mass is 505 g/mol. The van der Waals surface area contributed by atoms with Gasteiger partial charge in [0.1, 0.15) is 11.9 Å². The quantitative estimate of drug-likeness (QED) is 0.488. The van der Waals surface area contributed by atoms with Gasteiger partial charge in [-0.3, -0.25) is 4.72 Å². The summed E-state index contributed by atoms with van der Waals surface area (Å²) in [5.74, 6) is 0.348. The number of pyridine rings is 2. The lowest BCUT2D eigenvalue weighted by atomic mass is 9.95. The van der Waals surface area contributed by atoms with Crippen LogP contribution < -0.4 is 9.46 Å². The Balaban J connectivity index is 1.77. The SMILES string of the molecule is O=S1Nc2ccc(C(F)(F)F)c(n2)-c2ccccc2CCCCC(CCCO)Oc2cccc1n2. The van der Waals surface area contributed by atoms with Gasteiger partial charge in [0.15, 0.2) is 16.0 Å². The molecule has 0 amide bonds. The van der Waals surface area contributed by atoms with E-state index in [2.05, 4.69) is 14.7 Å². The van der Waals surface area contributed by atoms with Crippen LogP contribution in [0.25, 0.3) is 11.3 Å². The van der Waals surface area contributed by atoms with Gasteiger partial charge in [0.25, 0.3) is 0 Å². The zero-order valence-electron chi connectivity index (χ0n) is 18.9. The molecule has 1 aliphatic rings. The Morgan fingerprint density at radius 2 is 1.89 bits per heavy atom.